The van der Waals surface area contributed by atoms with E-state index in [9.17, 15) is 13.2 Å². The third kappa shape index (κ3) is 5.99. The fraction of sp³-hybridized carbons (Fsp3) is 0.353. The summed E-state index contributed by atoms with van der Waals surface area (Å²) in [7, 11) is -3.79. The Labute approximate surface area is 153 Å². The average molecular weight is 377 g/mol. The van der Waals surface area contributed by atoms with Crippen LogP contribution < -0.4 is 15.4 Å². The Balaban J connectivity index is 2.01. The van der Waals surface area contributed by atoms with Gasteiger partial charge in [-0.05, 0) is 48.7 Å². The van der Waals surface area contributed by atoms with Crippen LogP contribution in [0.4, 0.5) is 17.3 Å². The van der Waals surface area contributed by atoms with Gasteiger partial charge < -0.3 is 10.6 Å². The fourth-order valence-electron chi connectivity index (χ4n) is 2.09. The number of sulfonamides is 1. The van der Waals surface area contributed by atoms with Gasteiger partial charge in [0.1, 0.15) is 5.82 Å². The molecule has 9 heteroatoms. The number of nitrogens with zero attached hydrogens (tertiary/aromatic N) is 2. The standard InChI is InChI=1S/C17H23N5O3S/c1-12(2)10-11-18-16-8-9-17(21-20-16)22-26(24,25)15-6-4-14(5-7-15)19-13(3)23/h4-9,12H,10-11H2,1-3H3,(H,18,20)(H,19,23)(H,21,22). The second kappa shape index (κ2) is 8.61. The van der Waals surface area contributed by atoms with Crippen molar-refractivity contribution in [2.45, 2.75) is 32.1 Å². The molecule has 0 aliphatic heterocycles. The molecule has 0 atom stereocenters. The Morgan fingerprint density at radius 2 is 1.65 bits per heavy atom. The maximum Gasteiger partial charge on any atom is 0.263 e. The number of benzene rings is 1. The number of nitrogens with one attached hydrogen (secondary N) is 3. The number of amides is 1. The lowest BCUT2D eigenvalue weighted by molar-refractivity contribution is -0.114. The summed E-state index contributed by atoms with van der Waals surface area (Å²) in [6, 6.07) is 9.07. The first kappa shape index (κ1) is 19.6. The molecule has 1 aromatic carbocycles. The number of carbonyl (C=O) groups is 1. The molecule has 0 saturated carbocycles. The molecule has 140 valence electrons. The van der Waals surface area contributed by atoms with Gasteiger partial charge in [0.15, 0.2) is 5.82 Å². The molecule has 2 aromatic rings. The maximum absolute atomic E-state index is 12.4. The molecule has 0 aliphatic carbocycles. The third-order valence-electron chi connectivity index (χ3n) is 3.42. The van der Waals surface area contributed by atoms with Crippen LogP contribution in [0, 0.1) is 5.92 Å². The largest absolute Gasteiger partial charge is 0.369 e. The quantitative estimate of drug-likeness (QED) is 0.652. The van der Waals surface area contributed by atoms with Crippen LogP contribution >= 0.6 is 0 Å². The molecule has 0 saturated heterocycles. The summed E-state index contributed by atoms with van der Waals surface area (Å²) in [5.41, 5.74) is 0.521. The van der Waals surface area contributed by atoms with Gasteiger partial charge in [-0.1, -0.05) is 13.8 Å². The minimum Gasteiger partial charge on any atom is -0.369 e. The van der Waals surface area contributed by atoms with Crippen LogP contribution in [-0.2, 0) is 14.8 Å². The second-order valence-corrected chi connectivity index (χ2v) is 7.91. The predicted octanol–water partition coefficient (Wildman–Crippen LogP) is 2.69. The van der Waals surface area contributed by atoms with Gasteiger partial charge in [0.05, 0.1) is 4.90 Å². The van der Waals surface area contributed by atoms with E-state index in [1.807, 2.05) is 0 Å². The van der Waals surface area contributed by atoms with Crippen molar-refractivity contribution in [2.75, 3.05) is 21.9 Å². The summed E-state index contributed by atoms with van der Waals surface area (Å²) in [6.07, 6.45) is 1.00. The summed E-state index contributed by atoms with van der Waals surface area (Å²) in [4.78, 5) is 11.1. The number of anilines is 3. The molecule has 2 rings (SSSR count). The number of carbonyl (C=O) groups excluding carboxylic acids is 1. The molecule has 1 heterocycles. The summed E-state index contributed by atoms with van der Waals surface area (Å²) in [5, 5.41) is 13.6. The zero-order chi connectivity index (χ0) is 19.2. The van der Waals surface area contributed by atoms with E-state index in [4.69, 9.17) is 0 Å². The van der Waals surface area contributed by atoms with Crippen molar-refractivity contribution in [3.63, 3.8) is 0 Å². The number of rotatable bonds is 8. The first-order chi connectivity index (χ1) is 12.3. The van der Waals surface area contributed by atoms with Crippen LogP contribution in [-0.4, -0.2) is 31.1 Å². The lowest BCUT2D eigenvalue weighted by Gasteiger charge is -2.09. The Hall–Kier alpha value is -2.68. The van der Waals surface area contributed by atoms with Crippen LogP contribution in [0.3, 0.4) is 0 Å². The molecule has 8 nitrogen and oxygen atoms in total. The molecule has 0 radical (unpaired) electrons. The van der Waals surface area contributed by atoms with E-state index in [1.54, 1.807) is 12.1 Å². The molecule has 0 bridgehead atoms. The lowest BCUT2D eigenvalue weighted by Crippen LogP contribution is -2.15. The number of aromatic nitrogens is 2. The van der Waals surface area contributed by atoms with Gasteiger partial charge >= 0.3 is 0 Å². The van der Waals surface area contributed by atoms with E-state index < -0.39 is 10.0 Å². The molecule has 0 unspecified atom stereocenters. The van der Waals surface area contributed by atoms with Gasteiger partial charge in [-0.15, -0.1) is 10.2 Å². The van der Waals surface area contributed by atoms with Crippen LogP contribution in [0.2, 0.25) is 0 Å². The lowest BCUT2D eigenvalue weighted by atomic mass is 10.1. The van der Waals surface area contributed by atoms with Crippen molar-refractivity contribution < 1.29 is 13.2 Å². The molecular weight excluding hydrogens is 354 g/mol. The summed E-state index contributed by atoms with van der Waals surface area (Å²) >= 11 is 0. The highest BCUT2D eigenvalue weighted by Gasteiger charge is 2.15. The topological polar surface area (TPSA) is 113 Å². The van der Waals surface area contributed by atoms with E-state index in [2.05, 4.69) is 39.4 Å². The zero-order valence-electron chi connectivity index (χ0n) is 15.0. The maximum atomic E-state index is 12.4. The van der Waals surface area contributed by atoms with E-state index in [1.165, 1.54) is 31.2 Å². The van der Waals surface area contributed by atoms with Crippen molar-refractivity contribution in [3.8, 4) is 0 Å². The predicted molar refractivity (Wildman–Crippen MR) is 102 cm³/mol. The normalized spacial score (nSPS) is 11.2. The monoisotopic (exact) mass is 377 g/mol. The van der Waals surface area contributed by atoms with E-state index in [0.717, 1.165) is 13.0 Å². The highest BCUT2D eigenvalue weighted by molar-refractivity contribution is 7.92. The van der Waals surface area contributed by atoms with E-state index >= 15 is 0 Å². The summed E-state index contributed by atoms with van der Waals surface area (Å²) in [6.45, 7) is 6.42. The molecule has 1 aromatic heterocycles. The Morgan fingerprint density at radius 3 is 2.19 bits per heavy atom. The molecule has 0 aliphatic rings. The number of hydrogen-bond acceptors (Lipinski definition) is 6. The summed E-state index contributed by atoms with van der Waals surface area (Å²) < 4.78 is 27.2. The Kier molecular flexibility index (Phi) is 6.51. The van der Waals surface area contributed by atoms with Crippen LogP contribution in [0.15, 0.2) is 41.3 Å². The third-order valence-corrected chi connectivity index (χ3v) is 4.79. The van der Waals surface area contributed by atoms with Crippen molar-refractivity contribution in [3.05, 3.63) is 36.4 Å². The zero-order valence-corrected chi connectivity index (χ0v) is 15.8. The van der Waals surface area contributed by atoms with Gasteiger partial charge in [0.25, 0.3) is 10.0 Å². The van der Waals surface area contributed by atoms with E-state index in [0.29, 0.717) is 17.4 Å². The highest BCUT2D eigenvalue weighted by Crippen LogP contribution is 2.17. The van der Waals surface area contributed by atoms with Gasteiger partial charge in [-0.2, -0.15) is 0 Å². The second-order valence-electron chi connectivity index (χ2n) is 6.22. The molecule has 0 spiro atoms. The molecule has 0 fully saturated rings. The van der Waals surface area contributed by atoms with Gasteiger partial charge in [-0.3, -0.25) is 9.52 Å². The molecular formula is C17H23N5O3S. The van der Waals surface area contributed by atoms with Crippen LogP contribution in [0.5, 0.6) is 0 Å². The Morgan fingerprint density at radius 1 is 1.04 bits per heavy atom. The molecule has 26 heavy (non-hydrogen) atoms. The molecule has 3 N–H and O–H groups in total. The SMILES string of the molecule is CC(=O)Nc1ccc(S(=O)(=O)Nc2ccc(NCCC(C)C)nn2)cc1. The smallest absolute Gasteiger partial charge is 0.263 e. The van der Waals surface area contributed by atoms with E-state index in [-0.39, 0.29) is 16.6 Å². The van der Waals surface area contributed by atoms with Crippen molar-refractivity contribution in [1.29, 1.82) is 0 Å². The number of hydrogen-bond donors (Lipinski definition) is 3. The van der Waals surface area contributed by atoms with Crippen molar-refractivity contribution in [1.82, 2.24) is 10.2 Å². The van der Waals surface area contributed by atoms with Crippen molar-refractivity contribution >= 4 is 33.3 Å². The first-order valence-corrected chi connectivity index (χ1v) is 9.72. The first-order valence-electron chi connectivity index (χ1n) is 8.24. The van der Waals surface area contributed by atoms with Crippen LogP contribution in [0.25, 0.3) is 0 Å². The minimum atomic E-state index is -3.79. The van der Waals surface area contributed by atoms with Crippen molar-refractivity contribution in [2.24, 2.45) is 5.92 Å². The van der Waals surface area contributed by atoms with Gasteiger partial charge in [-0.25, -0.2) is 8.42 Å². The molecule has 1 amide bonds. The van der Waals surface area contributed by atoms with Gasteiger partial charge in [0.2, 0.25) is 5.91 Å². The summed E-state index contributed by atoms with van der Waals surface area (Å²) in [5.74, 6) is 1.08. The Bertz CT molecular complexity index is 834. The van der Waals surface area contributed by atoms with Crippen LogP contribution in [0.1, 0.15) is 27.2 Å². The average Bonchev–Trinajstić information content (AvgIpc) is 2.56. The highest BCUT2D eigenvalue weighted by atomic mass is 32.2. The minimum absolute atomic E-state index is 0.0625. The van der Waals surface area contributed by atoms with Gasteiger partial charge in [0, 0.05) is 19.2 Å². The fourth-order valence-corrected chi connectivity index (χ4v) is 3.08.